The number of rotatable bonds is 7. The van der Waals surface area contributed by atoms with Crippen LogP contribution in [0.15, 0.2) is 11.6 Å². The van der Waals surface area contributed by atoms with E-state index in [1.165, 1.54) is 0 Å². The minimum absolute atomic E-state index is 0.00464. The van der Waals surface area contributed by atoms with Crippen LogP contribution in [-0.4, -0.2) is 124 Å². The smallest absolute Gasteiger partial charge is 0.331 e. The van der Waals surface area contributed by atoms with Crippen LogP contribution < -0.4 is 0 Å². The van der Waals surface area contributed by atoms with Crippen LogP contribution in [0, 0.1) is 34.5 Å². The first-order valence-corrected chi connectivity index (χ1v) is 20.6. The van der Waals surface area contributed by atoms with Gasteiger partial charge >= 0.3 is 5.97 Å². The molecule has 8 aliphatic rings. The predicted octanol–water partition coefficient (Wildman–Crippen LogP) is 3.25. The molecule has 4 aliphatic carbocycles. The summed E-state index contributed by atoms with van der Waals surface area (Å²) in [4.78, 5) is 12.3. The molecule has 13 nitrogen and oxygen atoms in total. The Kier molecular flexibility index (Phi) is 9.88. The normalized spacial score (nSPS) is 56.9. The van der Waals surface area contributed by atoms with E-state index in [0.717, 1.165) is 38.5 Å². The highest BCUT2D eigenvalue weighted by Crippen LogP contribution is 2.70. The molecule has 0 spiro atoms. The number of hydrogen-bond donors (Lipinski definition) is 5. The van der Waals surface area contributed by atoms with Crippen molar-refractivity contribution in [1.82, 2.24) is 0 Å². The largest absolute Gasteiger partial charge is 0.458 e. The van der Waals surface area contributed by atoms with E-state index in [1.807, 2.05) is 13.8 Å². The van der Waals surface area contributed by atoms with Gasteiger partial charge in [-0.15, -0.1) is 0 Å². The number of carbonyl (C=O) groups is 1. The fourth-order valence-corrected chi connectivity index (χ4v) is 12.5. The van der Waals surface area contributed by atoms with Gasteiger partial charge < -0.3 is 58.7 Å². The Balaban J connectivity index is 0.839. The van der Waals surface area contributed by atoms with Gasteiger partial charge in [-0.3, -0.25) is 0 Å². The monoisotopic (exact) mass is 767 g/mol. The maximum Gasteiger partial charge on any atom is 0.331 e. The van der Waals surface area contributed by atoms with Crippen LogP contribution in [0.3, 0.4) is 0 Å². The molecule has 3 unspecified atom stereocenters. The molecule has 0 aromatic carbocycles. The summed E-state index contributed by atoms with van der Waals surface area (Å²) in [6, 6.07) is -0.391. The molecule has 0 aromatic heterocycles. The molecule has 3 saturated heterocycles. The third kappa shape index (κ3) is 6.82. The summed E-state index contributed by atoms with van der Waals surface area (Å²) in [6.45, 7) is 7.33. The van der Waals surface area contributed by atoms with E-state index in [-0.39, 0.29) is 42.3 Å². The van der Waals surface area contributed by atoms with Crippen molar-refractivity contribution >= 4 is 5.97 Å². The fourth-order valence-electron chi connectivity index (χ4n) is 12.5. The van der Waals surface area contributed by atoms with Gasteiger partial charge in [0, 0.05) is 30.7 Å². The number of aliphatic hydroxyl groups is 5. The highest BCUT2D eigenvalue weighted by Gasteiger charge is 2.68. The molecule has 0 amide bonds. The molecule has 4 aliphatic heterocycles. The van der Waals surface area contributed by atoms with Crippen molar-refractivity contribution in [1.29, 1.82) is 0 Å². The molecule has 4 saturated carbocycles. The zero-order chi connectivity index (χ0) is 41.0. The molecule has 0 bridgehead atoms. The molecule has 8 rings (SSSR count). The van der Waals surface area contributed by atoms with Gasteiger partial charge in [-0.2, -0.15) is 0 Å². The average Bonchev–Trinajstić information content (AvgIpc) is 3.51. The first-order valence-electron chi connectivity index (χ1n) is 22.1. The number of hydrogen-bond acceptors (Lipinski definition) is 13. The molecule has 0 radical (unpaired) electrons. The molecule has 54 heavy (non-hydrogen) atoms. The van der Waals surface area contributed by atoms with Crippen LogP contribution in [0.4, 0.5) is 0 Å². The number of cyclic esters (lactones) is 1. The quantitative estimate of drug-likeness (QED) is 0.188. The lowest BCUT2D eigenvalue weighted by Crippen LogP contribution is -2.62. The number of fused-ring (bicyclic) bond motifs is 5. The van der Waals surface area contributed by atoms with E-state index in [9.17, 15) is 30.3 Å². The summed E-state index contributed by atoms with van der Waals surface area (Å²) in [5.74, 6) is -0.636. The number of aliphatic hydroxyl groups excluding tert-OH is 4. The van der Waals surface area contributed by atoms with Crippen molar-refractivity contribution in [3.63, 3.8) is 0 Å². The van der Waals surface area contributed by atoms with Crippen molar-refractivity contribution in [2.75, 3.05) is 6.56 Å². The second kappa shape index (κ2) is 14.9. The van der Waals surface area contributed by atoms with E-state index in [4.69, 9.17) is 37.3 Å². The van der Waals surface area contributed by atoms with Gasteiger partial charge in [-0.25, -0.2) is 4.79 Å². The van der Waals surface area contributed by atoms with Crippen LogP contribution in [0.25, 0.3) is 0 Å². The number of ether oxygens (including phenoxy) is 7. The maximum atomic E-state index is 12.6. The Morgan fingerprint density at radius 3 is 1.94 bits per heavy atom. The summed E-state index contributed by atoms with van der Waals surface area (Å²) in [5, 5.41) is 55.1. The molecule has 20 atom stereocenters. The number of carbonyl (C=O) groups excluding carboxylic acids is 1. The Labute approximate surface area is 323 Å². The molecular formula is C41H64O13. The summed E-state index contributed by atoms with van der Waals surface area (Å²) >= 11 is 0. The first-order chi connectivity index (χ1) is 26.8. The Bertz CT molecular complexity index is 1520. The van der Waals surface area contributed by atoms with Crippen LogP contribution in [-0.2, 0) is 38.0 Å². The van der Waals surface area contributed by atoms with Crippen molar-refractivity contribution in [2.45, 2.75) is 197 Å². The third-order valence-electron chi connectivity index (χ3n) is 15.6. The standard InChI is InChI=1S/C41H64O13/c1-20-36(46)29(42)16-34(49-20)53-38-22(3)51-35(18-31(38)44)54-37-21(2)50-33(17-30(37)43)52-25-8-11-39(4)24(15-25)6-7-28-27(39)9-12-40(5)26(10-13-41(28,40)47)23-14-32(45)48-19-23/h14,20-22,24-31,33-38,42-44,46-47H,6-13,15-19H2,1-5H3/t20-,21-,22-,24-,25+,26-,27+,28-,29?,30?,31?,33-,34+,35+,36-,37-,38-,39+,40-,41+/m1/s1/i14D,19D2. The maximum absolute atomic E-state index is 12.6. The molecule has 306 valence electrons. The van der Waals surface area contributed by atoms with Crippen LogP contribution in [0.5, 0.6) is 0 Å². The fraction of sp³-hybridized carbons (Fsp3) is 0.927. The van der Waals surface area contributed by atoms with Crippen molar-refractivity contribution in [3.8, 4) is 0 Å². The lowest BCUT2D eigenvalue weighted by molar-refractivity contribution is -0.336. The highest BCUT2D eigenvalue weighted by molar-refractivity contribution is 5.85. The van der Waals surface area contributed by atoms with Gasteiger partial charge in [-0.1, -0.05) is 13.8 Å². The van der Waals surface area contributed by atoms with E-state index in [1.54, 1.807) is 13.8 Å². The van der Waals surface area contributed by atoms with Crippen molar-refractivity contribution < 1.29 is 67.6 Å². The number of esters is 1. The molecule has 7 fully saturated rings. The van der Waals surface area contributed by atoms with Crippen molar-refractivity contribution in [3.05, 3.63) is 11.6 Å². The van der Waals surface area contributed by atoms with Gasteiger partial charge in [0.2, 0.25) is 0 Å². The summed E-state index contributed by atoms with van der Waals surface area (Å²) in [6.07, 6.45) is -1.91. The summed E-state index contributed by atoms with van der Waals surface area (Å²) in [7, 11) is 0. The molecule has 5 N–H and O–H groups in total. The Hall–Kier alpha value is -1.23. The van der Waals surface area contributed by atoms with E-state index < -0.39 is 109 Å². The second-order valence-electron chi connectivity index (χ2n) is 18.4. The van der Waals surface area contributed by atoms with Gasteiger partial charge in [-0.05, 0) is 113 Å². The minimum atomic E-state index is -2.33. The lowest BCUT2D eigenvalue weighted by atomic mass is 9.43. The van der Waals surface area contributed by atoms with Crippen LogP contribution >= 0.6 is 0 Å². The highest BCUT2D eigenvalue weighted by atomic mass is 16.7. The van der Waals surface area contributed by atoms with Crippen LogP contribution in [0.1, 0.15) is 116 Å². The minimum Gasteiger partial charge on any atom is -0.458 e. The molecular weight excluding hydrogens is 700 g/mol. The zero-order valence-corrected chi connectivity index (χ0v) is 32.3. The summed E-state index contributed by atoms with van der Waals surface area (Å²) in [5.41, 5.74) is -1.58. The lowest BCUT2D eigenvalue weighted by Gasteiger charge is -2.64. The topological polar surface area (TPSA) is 183 Å². The predicted molar refractivity (Wildman–Crippen MR) is 191 cm³/mol. The van der Waals surface area contributed by atoms with E-state index >= 15 is 0 Å². The average molecular weight is 768 g/mol. The van der Waals surface area contributed by atoms with Crippen LogP contribution in [0.2, 0.25) is 0 Å². The van der Waals surface area contributed by atoms with Gasteiger partial charge in [0.05, 0.1) is 52.4 Å². The first kappa shape index (κ1) is 35.9. The van der Waals surface area contributed by atoms with Gasteiger partial charge in [0.1, 0.15) is 24.9 Å². The zero-order valence-electron chi connectivity index (χ0n) is 35.3. The van der Waals surface area contributed by atoms with Gasteiger partial charge in [0.25, 0.3) is 0 Å². The SMILES string of the molecule is [2H]C1=C([C@H]2CC[C@]3(O)[C@@H]4CC[C@@H]5C[C@@H](O[C@@H]6CC(O)[C@H](O[C@H]7CC(O)[C@H](O[C@H]8CC(O)[C@H](O)[C@@H](C)O8)[C@@H](C)O7)[C@@H](C)O6)CC[C@]5(C)[C@H]4CC[C@]23C)C([2H])([2H])OC1=O. The molecule has 13 heteroatoms. The third-order valence-corrected chi connectivity index (χ3v) is 15.6. The van der Waals surface area contributed by atoms with E-state index in [2.05, 4.69) is 6.92 Å². The molecule has 4 heterocycles. The second-order valence-corrected chi connectivity index (χ2v) is 18.4. The molecule has 0 aromatic rings. The summed E-state index contributed by atoms with van der Waals surface area (Å²) < 4.78 is 67.0. The van der Waals surface area contributed by atoms with E-state index in [0.29, 0.717) is 31.1 Å². The Morgan fingerprint density at radius 1 is 0.741 bits per heavy atom. The van der Waals surface area contributed by atoms with Gasteiger partial charge in [0.15, 0.2) is 18.9 Å². The van der Waals surface area contributed by atoms with Crippen molar-refractivity contribution in [2.24, 2.45) is 34.5 Å². The Morgan fingerprint density at radius 2 is 1.35 bits per heavy atom.